The maximum atomic E-state index is 11.8. The number of anilines is 1. The van der Waals surface area contributed by atoms with Gasteiger partial charge in [-0.05, 0) is 25.5 Å². The highest BCUT2D eigenvalue weighted by Gasteiger charge is 2.06. The second-order valence-corrected chi connectivity index (χ2v) is 4.14. The van der Waals surface area contributed by atoms with E-state index in [4.69, 9.17) is 4.74 Å². The summed E-state index contributed by atoms with van der Waals surface area (Å²) in [6.45, 7) is 3.57. The standard InChI is InChI=1S/C15H19NO4/c1-4-6-11(2)15(18)16-12-7-5-8-13(9-12)20-10-14(17)19-3/h5-9H,4,10H2,1-3H3,(H,16,18)/b11-6+. The predicted octanol–water partition coefficient (Wildman–Crippen LogP) is 2.53. The Morgan fingerprint density at radius 1 is 1.35 bits per heavy atom. The number of ether oxygens (including phenoxy) is 2. The highest BCUT2D eigenvalue weighted by molar-refractivity contribution is 6.03. The molecule has 1 aromatic rings. The lowest BCUT2D eigenvalue weighted by molar-refractivity contribution is -0.142. The van der Waals surface area contributed by atoms with Crippen LogP contribution in [0.25, 0.3) is 0 Å². The van der Waals surface area contributed by atoms with Crippen molar-refractivity contribution in [2.45, 2.75) is 20.3 Å². The van der Waals surface area contributed by atoms with Gasteiger partial charge in [-0.25, -0.2) is 4.79 Å². The Hall–Kier alpha value is -2.30. The van der Waals surface area contributed by atoms with Crippen LogP contribution in [0.3, 0.4) is 0 Å². The van der Waals surface area contributed by atoms with E-state index in [1.54, 1.807) is 31.2 Å². The lowest BCUT2D eigenvalue weighted by atomic mass is 10.2. The third-order valence-electron chi connectivity index (χ3n) is 2.54. The van der Waals surface area contributed by atoms with Crippen molar-refractivity contribution < 1.29 is 19.1 Å². The van der Waals surface area contributed by atoms with Crippen LogP contribution in [0, 0.1) is 0 Å². The van der Waals surface area contributed by atoms with Gasteiger partial charge in [-0.1, -0.05) is 19.1 Å². The fraction of sp³-hybridized carbons (Fsp3) is 0.333. The number of esters is 1. The molecule has 108 valence electrons. The predicted molar refractivity (Wildman–Crippen MR) is 76.6 cm³/mol. The smallest absolute Gasteiger partial charge is 0.343 e. The quantitative estimate of drug-likeness (QED) is 0.641. The second-order valence-electron chi connectivity index (χ2n) is 4.14. The number of hydrogen-bond acceptors (Lipinski definition) is 4. The van der Waals surface area contributed by atoms with Crippen molar-refractivity contribution in [3.05, 3.63) is 35.9 Å². The number of allylic oxidation sites excluding steroid dienone is 1. The highest BCUT2D eigenvalue weighted by atomic mass is 16.6. The summed E-state index contributed by atoms with van der Waals surface area (Å²) >= 11 is 0. The molecule has 1 rings (SSSR count). The van der Waals surface area contributed by atoms with Crippen molar-refractivity contribution in [3.8, 4) is 5.75 Å². The second kappa shape index (κ2) is 7.99. The molecule has 0 aromatic heterocycles. The average molecular weight is 277 g/mol. The summed E-state index contributed by atoms with van der Waals surface area (Å²) < 4.78 is 9.73. The molecule has 1 N–H and O–H groups in total. The Kier molecular flexibility index (Phi) is 6.29. The van der Waals surface area contributed by atoms with Crippen molar-refractivity contribution >= 4 is 17.6 Å². The Morgan fingerprint density at radius 3 is 2.75 bits per heavy atom. The van der Waals surface area contributed by atoms with Gasteiger partial charge in [0.15, 0.2) is 6.61 Å². The van der Waals surface area contributed by atoms with E-state index in [0.717, 1.165) is 6.42 Å². The van der Waals surface area contributed by atoms with Gasteiger partial charge in [0, 0.05) is 17.3 Å². The van der Waals surface area contributed by atoms with Crippen LogP contribution in [0.5, 0.6) is 5.75 Å². The molecule has 0 fully saturated rings. The third kappa shape index (κ3) is 5.14. The van der Waals surface area contributed by atoms with Crippen molar-refractivity contribution in [2.75, 3.05) is 19.0 Å². The van der Waals surface area contributed by atoms with Gasteiger partial charge in [-0.3, -0.25) is 4.79 Å². The van der Waals surface area contributed by atoms with Gasteiger partial charge in [0.05, 0.1) is 7.11 Å². The monoisotopic (exact) mass is 277 g/mol. The van der Waals surface area contributed by atoms with Crippen LogP contribution in [0.15, 0.2) is 35.9 Å². The largest absolute Gasteiger partial charge is 0.482 e. The summed E-state index contributed by atoms with van der Waals surface area (Å²) in [5.41, 5.74) is 1.27. The lowest BCUT2D eigenvalue weighted by Crippen LogP contribution is -2.14. The molecular formula is C15H19NO4. The molecular weight excluding hydrogens is 258 g/mol. The van der Waals surface area contributed by atoms with Gasteiger partial charge in [0.25, 0.3) is 5.91 Å². The first-order valence-electron chi connectivity index (χ1n) is 6.34. The first kappa shape index (κ1) is 15.8. The molecule has 0 saturated carbocycles. The number of rotatable bonds is 6. The zero-order valence-electron chi connectivity index (χ0n) is 11.9. The molecule has 0 atom stereocenters. The Labute approximate surface area is 118 Å². The Bertz CT molecular complexity index is 508. The summed E-state index contributed by atoms with van der Waals surface area (Å²) in [6.07, 6.45) is 2.66. The molecule has 0 heterocycles. The van der Waals surface area contributed by atoms with E-state index in [9.17, 15) is 9.59 Å². The van der Waals surface area contributed by atoms with E-state index in [1.165, 1.54) is 7.11 Å². The minimum Gasteiger partial charge on any atom is -0.482 e. The highest BCUT2D eigenvalue weighted by Crippen LogP contribution is 2.18. The SMILES string of the molecule is CC/C=C(\C)C(=O)Nc1cccc(OCC(=O)OC)c1. The normalized spacial score (nSPS) is 10.8. The lowest BCUT2D eigenvalue weighted by Gasteiger charge is -2.08. The number of amides is 1. The van der Waals surface area contributed by atoms with Crippen molar-refractivity contribution in [3.63, 3.8) is 0 Å². The van der Waals surface area contributed by atoms with E-state index in [1.807, 2.05) is 13.0 Å². The first-order chi connectivity index (χ1) is 9.56. The third-order valence-corrected chi connectivity index (χ3v) is 2.54. The summed E-state index contributed by atoms with van der Waals surface area (Å²) in [5.74, 6) is -0.122. The number of carbonyl (C=O) groups is 2. The van der Waals surface area contributed by atoms with Crippen molar-refractivity contribution in [1.29, 1.82) is 0 Å². The number of carbonyl (C=O) groups excluding carboxylic acids is 2. The first-order valence-corrected chi connectivity index (χ1v) is 6.34. The Morgan fingerprint density at radius 2 is 2.10 bits per heavy atom. The van der Waals surface area contributed by atoms with E-state index >= 15 is 0 Å². The summed E-state index contributed by atoms with van der Waals surface area (Å²) in [5, 5.41) is 2.77. The zero-order valence-corrected chi connectivity index (χ0v) is 11.9. The number of hydrogen-bond donors (Lipinski definition) is 1. The molecule has 0 aliphatic carbocycles. The average Bonchev–Trinajstić information content (AvgIpc) is 2.45. The van der Waals surface area contributed by atoms with Gasteiger partial charge in [0.2, 0.25) is 0 Å². The molecule has 0 radical (unpaired) electrons. The van der Waals surface area contributed by atoms with E-state index < -0.39 is 5.97 Å². The molecule has 20 heavy (non-hydrogen) atoms. The molecule has 1 amide bonds. The molecule has 5 nitrogen and oxygen atoms in total. The molecule has 0 spiro atoms. The summed E-state index contributed by atoms with van der Waals surface area (Å²) in [7, 11) is 1.30. The van der Waals surface area contributed by atoms with Crippen LogP contribution < -0.4 is 10.1 Å². The van der Waals surface area contributed by atoms with Gasteiger partial charge in [-0.2, -0.15) is 0 Å². The molecule has 0 aliphatic rings. The fourth-order valence-corrected chi connectivity index (χ4v) is 1.49. The minimum absolute atomic E-state index is 0.156. The zero-order chi connectivity index (χ0) is 15.0. The summed E-state index contributed by atoms with van der Waals surface area (Å²) in [4.78, 5) is 22.8. The fourth-order valence-electron chi connectivity index (χ4n) is 1.49. The van der Waals surface area contributed by atoms with Gasteiger partial charge >= 0.3 is 5.97 Å². The summed E-state index contributed by atoms with van der Waals surface area (Å²) in [6, 6.07) is 6.84. The van der Waals surface area contributed by atoms with Crippen LogP contribution in [0.4, 0.5) is 5.69 Å². The van der Waals surface area contributed by atoms with Crippen LogP contribution >= 0.6 is 0 Å². The van der Waals surface area contributed by atoms with Gasteiger partial charge in [0.1, 0.15) is 5.75 Å². The molecule has 0 unspecified atom stereocenters. The van der Waals surface area contributed by atoms with Gasteiger partial charge < -0.3 is 14.8 Å². The van der Waals surface area contributed by atoms with E-state index in [-0.39, 0.29) is 12.5 Å². The molecule has 0 saturated heterocycles. The van der Waals surface area contributed by atoms with Crippen LogP contribution in [0.2, 0.25) is 0 Å². The van der Waals surface area contributed by atoms with Crippen LogP contribution in [0.1, 0.15) is 20.3 Å². The molecule has 5 heteroatoms. The molecule has 0 aliphatic heterocycles. The van der Waals surface area contributed by atoms with E-state index in [2.05, 4.69) is 10.1 Å². The number of benzene rings is 1. The maximum absolute atomic E-state index is 11.8. The molecule has 1 aromatic carbocycles. The van der Waals surface area contributed by atoms with E-state index in [0.29, 0.717) is 17.0 Å². The van der Waals surface area contributed by atoms with Crippen LogP contribution in [-0.4, -0.2) is 25.6 Å². The maximum Gasteiger partial charge on any atom is 0.343 e. The van der Waals surface area contributed by atoms with Gasteiger partial charge in [-0.15, -0.1) is 0 Å². The minimum atomic E-state index is -0.457. The number of methoxy groups -OCH3 is 1. The van der Waals surface area contributed by atoms with Crippen LogP contribution in [-0.2, 0) is 14.3 Å². The molecule has 0 bridgehead atoms. The Balaban J connectivity index is 2.66. The van der Waals surface area contributed by atoms with Crippen molar-refractivity contribution in [2.24, 2.45) is 0 Å². The topological polar surface area (TPSA) is 64.6 Å². The van der Waals surface area contributed by atoms with Crippen molar-refractivity contribution in [1.82, 2.24) is 0 Å². The number of nitrogens with one attached hydrogen (secondary N) is 1.